The third kappa shape index (κ3) is 3.58. The Morgan fingerprint density at radius 1 is 0.714 bits per heavy atom. The van der Waals surface area contributed by atoms with Crippen LogP contribution in [0.3, 0.4) is 0 Å². The van der Waals surface area contributed by atoms with Crippen molar-refractivity contribution in [1.29, 1.82) is 0 Å². The molecule has 2 nitrogen and oxygen atoms in total. The minimum absolute atomic E-state index is 0.0314. The molecule has 0 saturated heterocycles. The van der Waals surface area contributed by atoms with E-state index < -0.39 is 6.04 Å². The van der Waals surface area contributed by atoms with E-state index in [4.69, 9.17) is 21.5 Å². The summed E-state index contributed by atoms with van der Waals surface area (Å²) in [5, 5.41) is 3.73. The largest absolute Gasteiger partial charge is 0.478 e. The molecule has 4 aliphatic carbocycles. The Balaban J connectivity index is 1.31. The molecular formula is C31H32NOPS. The van der Waals surface area contributed by atoms with Gasteiger partial charge in [0.25, 0.3) is 0 Å². The van der Waals surface area contributed by atoms with Crippen molar-refractivity contribution >= 4 is 39.7 Å². The highest BCUT2D eigenvalue weighted by Gasteiger charge is 2.55. The highest BCUT2D eigenvalue weighted by Crippen LogP contribution is 2.61. The van der Waals surface area contributed by atoms with Crippen LogP contribution in [0.2, 0.25) is 0 Å². The van der Waals surface area contributed by atoms with Crippen molar-refractivity contribution in [3.05, 3.63) is 90.5 Å². The van der Waals surface area contributed by atoms with Crippen molar-refractivity contribution in [2.24, 2.45) is 28.2 Å². The second kappa shape index (κ2) is 8.43. The molecule has 8 rings (SSSR count). The van der Waals surface area contributed by atoms with Crippen LogP contribution < -0.4 is 15.9 Å². The molecule has 4 bridgehead atoms. The maximum atomic E-state index is 6.69. The van der Waals surface area contributed by atoms with E-state index in [2.05, 4.69) is 84.9 Å². The molecule has 0 radical (unpaired) electrons. The van der Waals surface area contributed by atoms with Crippen LogP contribution >= 0.6 is 6.04 Å². The molecule has 5 aliphatic rings. The molecule has 0 amide bonds. The lowest BCUT2D eigenvalue weighted by Gasteiger charge is -2.56. The van der Waals surface area contributed by atoms with Gasteiger partial charge in [-0.3, -0.25) is 0 Å². The Bertz CT molecular complexity index is 1240. The smallest absolute Gasteiger partial charge is 0.190 e. The molecule has 0 unspecified atom stereocenters. The van der Waals surface area contributed by atoms with Crippen molar-refractivity contribution < 1.29 is 4.74 Å². The number of rotatable bonds is 5. The van der Waals surface area contributed by atoms with Crippen LogP contribution in [0.5, 0.6) is 0 Å². The number of nitrogens with zero attached hydrogens (tertiary/aromatic N) is 1. The fourth-order valence-corrected chi connectivity index (χ4v) is 12.1. The van der Waals surface area contributed by atoms with Crippen LogP contribution in [0.1, 0.15) is 50.1 Å². The second-order valence-electron chi connectivity index (χ2n) is 11.3. The summed E-state index contributed by atoms with van der Waals surface area (Å²) in [6.45, 7) is 0.646. The number of ether oxygens (including phenoxy) is 1. The molecule has 0 spiro atoms. The molecule has 3 aromatic carbocycles. The Hall–Kier alpha value is -2.22. The number of hydrogen-bond acceptors (Lipinski definition) is 3. The summed E-state index contributed by atoms with van der Waals surface area (Å²) in [5.74, 6) is 3.74. The van der Waals surface area contributed by atoms with Crippen molar-refractivity contribution in [3.8, 4) is 0 Å². The summed E-state index contributed by atoms with van der Waals surface area (Å²) in [5.41, 5.74) is 1.46. The quantitative estimate of drug-likeness (QED) is 0.396. The topological polar surface area (TPSA) is 21.6 Å². The monoisotopic (exact) mass is 497 g/mol. The Kier molecular flexibility index (Phi) is 5.30. The zero-order valence-corrected chi connectivity index (χ0v) is 21.8. The standard InChI is InChI=1S/C31H32NOPS/c35-34(25-9-3-1-4-10-25,26-11-5-2-6-12-26)29-14-8-7-13-27(29)28-21-33-30(32-28)31-18-22-15-23(19-31)17-24(16-22)20-31/h1-14,22-24,28H,15-21H2/t22?,23?,24?,28-,31?/m0/s1. The molecule has 3 aromatic rings. The van der Waals surface area contributed by atoms with Gasteiger partial charge in [0.05, 0.1) is 0 Å². The predicted octanol–water partition coefficient (Wildman–Crippen LogP) is 6.13. The Morgan fingerprint density at radius 2 is 1.23 bits per heavy atom. The molecule has 4 saturated carbocycles. The highest BCUT2D eigenvalue weighted by molar-refractivity contribution is 8.25. The van der Waals surface area contributed by atoms with E-state index in [-0.39, 0.29) is 11.5 Å². The first kappa shape index (κ1) is 22.0. The van der Waals surface area contributed by atoms with Crippen LogP contribution in [-0.4, -0.2) is 12.5 Å². The Labute approximate surface area is 213 Å². The molecule has 1 heterocycles. The van der Waals surface area contributed by atoms with E-state index >= 15 is 0 Å². The summed E-state index contributed by atoms with van der Waals surface area (Å²) >= 11 is 6.69. The average molecular weight is 498 g/mol. The van der Waals surface area contributed by atoms with E-state index in [1.54, 1.807) is 0 Å². The van der Waals surface area contributed by atoms with Gasteiger partial charge in [0.2, 0.25) is 0 Å². The maximum absolute atomic E-state index is 6.69. The lowest BCUT2D eigenvalue weighted by molar-refractivity contribution is -0.0226. The van der Waals surface area contributed by atoms with E-state index in [1.807, 2.05) is 0 Å². The van der Waals surface area contributed by atoms with Gasteiger partial charge < -0.3 is 4.74 Å². The summed E-state index contributed by atoms with van der Waals surface area (Å²) in [6, 6.07) is 28.0. The number of aliphatic imine (C=N–C) groups is 1. The van der Waals surface area contributed by atoms with Gasteiger partial charge in [-0.25, -0.2) is 4.99 Å². The van der Waals surface area contributed by atoms with Crippen molar-refractivity contribution in [2.45, 2.75) is 44.6 Å². The van der Waals surface area contributed by atoms with E-state index in [9.17, 15) is 0 Å². The fraction of sp³-hybridized carbons (Fsp3) is 0.387. The summed E-state index contributed by atoms with van der Waals surface area (Å²) < 4.78 is 6.51. The molecule has 1 atom stereocenters. The third-order valence-corrected chi connectivity index (χ3v) is 14.0. The third-order valence-electron chi connectivity index (χ3n) is 9.02. The first-order chi connectivity index (χ1) is 17.1. The summed E-state index contributed by atoms with van der Waals surface area (Å²) in [4.78, 5) is 5.38. The molecule has 35 heavy (non-hydrogen) atoms. The van der Waals surface area contributed by atoms with Crippen molar-refractivity contribution in [1.82, 2.24) is 0 Å². The van der Waals surface area contributed by atoms with Gasteiger partial charge in [-0.05, 0) is 77.8 Å². The predicted molar refractivity (Wildman–Crippen MR) is 149 cm³/mol. The molecular weight excluding hydrogens is 465 g/mol. The van der Waals surface area contributed by atoms with E-state index in [0.29, 0.717) is 6.61 Å². The lowest BCUT2D eigenvalue weighted by atomic mass is 9.49. The van der Waals surface area contributed by atoms with Gasteiger partial charge in [-0.1, -0.05) is 96.7 Å². The lowest BCUT2D eigenvalue weighted by Crippen LogP contribution is -2.50. The SMILES string of the molecule is S=P(c1ccccc1)(c1ccccc1)c1ccccc1[C@@H]1COC(C23CC4CC(CC(C4)C2)C3)=N1. The molecule has 0 N–H and O–H groups in total. The van der Waals surface area contributed by atoms with Crippen LogP contribution in [0.15, 0.2) is 89.9 Å². The zero-order valence-electron chi connectivity index (χ0n) is 20.1. The first-order valence-electron chi connectivity index (χ1n) is 13.2. The van der Waals surface area contributed by atoms with Gasteiger partial charge in [0, 0.05) is 11.5 Å². The zero-order chi connectivity index (χ0) is 23.5. The number of benzene rings is 3. The summed E-state index contributed by atoms with van der Waals surface area (Å²) in [7, 11) is 0. The highest BCUT2D eigenvalue weighted by atomic mass is 32.4. The molecule has 0 aromatic heterocycles. The van der Waals surface area contributed by atoms with Crippen molar-refractivity contribution in [3.63, 3.8) is 0 Å². The minimum atomic E-state index is -2.24. The molecule has 4 fully saturated rings. The molecule has 1 aliphatic heterocycles. The van der Waals surface area contributed by atoms with E-state index in [0.717, 1.165) is 23.7 Å². The fourth-order valence-electron chi connectivity index (χ4n) is 7.96. The minimum Gasteiger partial charge on any atom is -0.478 e. The van der Waals surface area contributed by atoms with Gasteiger partial charge in [-0.15, -0.1) is 0 Å². The van der Waals surface area contributed by atoms with Crippen molar-refractivity contribution in [2.75, 3.05) is 6.61 Å². The van der Waals surface area contributed by atoms with Crippen LogP contribution in [0.25, 0.3) is 0 Å². The normalized spacial score (nSPS) is 31.3. The Morgan fingerprint density at radius 3 is 1.80 bits per heavy atom. The maximum Gasteiger partial charge on any atom is 0.190 e. The second-order valence-corrected chi connectivity index (χ2v) is 15.7. The van der Waals surface area contributed by atoms with Crippen LogP contribution in [-0.2, 0) is 16.5 Å². The van der Waals surface area contributed by atoms with E-state index in [1.165, 1.54) is 60.0 Å². The van der Waals surface area contributed by atoms with Crippen LogP contribution in [0, 0.1) is 23.2 Å². The van der Waals surface area contributed by atoms with Gasteiger partial charge in [0.1, 0.15) is 12.6 Å². The summed E-state index contributed by atoms with van der Waals surface area (Å²) in [6.07, 6.45) is 8.19. The first-order valence-corrected chi connectivity index (χ1v) is 16.0. The molecule has 4 heteroatoms. The average Bonchev–Trinajstić information content (AvgIpc) is 3.40. The van der Waals surface area contributed by atoms with Crippen LogP contribution in [0.4, 0.5) is 0 Å². The van der Waals surface area contributed by atoms with Gasteiger partial charge >= 0.3 is 0 Å². The number of hydrogen-bond donors (Lipinski definition) is 0. The van der Waals surface area contributed by atoms with Gasteiger partial charge in [0.15, 0.2) is 5.90 Å². The van der Waals surface area contributed by atoms with Gasteiger partial charge in [-0.2, -0.15) is 0 Å². The molecule has 178 valence electrons.